The average Bonchev–Trinajstić information content (AvgIpc) is 2.69. The zero-order valence-electron chi connectivity index (χ0n) is 15.4. The molecule has 0 amide bonds. The Balaban J connectivity index is 1.59. The molecule has 0 aliphatic carbocycles. The molecule has 1 aromatic heterocycles. The molecule has 0 saturated heterocycles. The van der Waals surface area contributed by atoms with Gasteiger partial charge in [-0.3, -0.25) is 4.90 Å². The summed E-state index contributed by atoms with van der Waals surface area (Å²) in [4.78, 5) is 14.6. The van der Waals surface area contributed by atoms with Gasteiger partial charge in [0, 0.05) is 34.6 Å². The van der Waals surface area contributed by atoms with Gasteiger partial charge in [-0.1, -0.05) is 41.9 Å². The standard InChI is InChI=1S/C23H18ClNO3/c1-14-21-16(12-25(13-27-21)11-15-5-4-6-17(24)9-15)10-20-18-7-2-3-8-19(18)23(26)28-22(14)20/h2-10H,11-13H2,1H3. The monoisotopic (exact) mass is 391 g/mol. The van der Waals surface area contributed by atoms with Gasteiger partial charge in [-0.25, -0.2) is 4.79 Å². The van der Waals surface area contributed by atoms with Crippen LogP contribution < -0.4 is 10.4 Å². The summed E-state index contributed by atoms with van der Waals surface area (Å²) in [5.41, 5.74) is 3.40. The highest BCUT2D eigenvalue weighted by Gasteiger charge is 2.23. The van der Waals surface area contributed by atoms with Crippen LogP contribution in [0.3, 0.4) is 0 Å². The maximum atomic E-state index is 12.4. The van der Waals surface area contributed by atoms with E-state index >= 15 is 0 Å². The van der Waals surface area contributed by atoms with E-state index in [0.29, 0.717) is 17.7 Å². The van der Waals surface area contributed by atoms with E-state index in [1.807, 2.05) is 43.3 Å². The first-order chi connectivity index (χ1) is 13.6. The van der Waals surface area contributed by atoms with Crippen molar-refractivity contribution in [1.82, 2.24) is 4.90 Å². The summed E-state index contributed by atoms with van der Waals surface area (Å²) in [5.74, 6) is 0.813. The molecular weight excluding hydrogens is 374 g/mol. The lowest BCUT2D eigenvalue weighted by molar-refractivity contribution is 0.0881. The van der Waals surface area contributed by atoms with Crippen LogP contribution in [0.5, 0.6) is 5.75 Å². The third-order valence-electron chi connectivity index (χ3n) is 5.25. The lowest BCUT2D eigenvalue weighted by Gasteiger charge is -2.30. The van der Waals surface area contributed by atoms with Gasteiger partial charge in [0.25, 0.3) is 0 Å². The molecule has 0 atom stereocenters. The molecule has 1 aliphatic rings. The van der Waals surface area contributed by atoms with Crippen LogP contribution >= 0.6 is 11.6 Å². The summed E-state index contributed by atoms with van der Waals surface area (Å²) in [6.07, 6.45) is 0. The van der Waals surface area contributed by atoms with E-state index in [1.54, 1.807) is 6.07 Å². The largest absolute Gasteiger partial charge is 0.477 e. The van der Waals surface area contributed by atoms with Crippen molar-refractivity contribution < 1.29 is 9.15 Å². The second kappa shape index (κ2) is 6.66. The molecular formula is C23H18ClNO3. The molecule has 4 nitrogen and oxygen atoms in total. The van der Waals surface area contributed by atoms with E-state index in [1.165, 1.54) is 0 Å². The summed E-state index contributed by atoms with van der Waals surface area (Å²) in [6.45, 7) is 3.93. The van der Waals surface area contributed by atoms with Crippen molar-refractivity contribution in [2.75, 3.05) is 6.73 Å². The number of rotatable bonds is 2. The number of nitrogens with zero attached hydrogens (tertiary/aromatic N) is 1. The number of halogens is 1. The summed E-state index contributed by atoms with van der Waals surface area (Å²) in [7, 11) is 0. The predicted molar refractivity (Wildman–Crippen MR) is 111 cm³/mol. The Morgan fingerprint density at radius 1 is 1.04 bits per heavy atom. The average molecular weight is 392 g/mol. The molecule has 5 rings (SSSR count). The van der Waals surface area contributed by atoms with E-state index in [0.717, 1.165) is 51.3 Å². The van der Waals surface area contributed by atoms with Crippen molar-refractivity contribution in [3.05, 3.63) is 86.7 Å². The van der Waals surface area contributed by atoms with Crippen LogP contribution in [0.1, 0.15) is 16.7 Å². The summed E-state index contributed by atoms with van der Waals surface area (Å²) in [6, 6.07) is 17.5. The zero-order chi connectivity index (χ0) is 19.3. The highest BCUT2D eigenvalue weighted by atomic mass is 35.5. The van der Waals surface area contributed by atoms with E-state index in [2.05, 4.69) is 17.0 Å². The molecule has 2 heterocycles. The number of fused-ring (bicyclic) bond motifs is 4. The molecule has 3 aromatic carbocycles. The molecule has 0 unspecified atom stereocenters. The molecule has 4 aromatic rings. The van der Waals surface area contributed by atoms with E-state index < -0.39 is 0 Å². The van der Waals surface area contributed by atoms with Crippen molar-refractivity contribution in [3.63, 3.8) is 0 Å². The Labute approximate surface area is 166 Å². The third-order valence-corrected chi connectivity index (χ3v) is 5.48. The number of hydrogen-bond donors (Lipinski definition) is 0. The molecule has 5 heteroatoms. The second-order valence-electron chi connectivity index (χ2n) is 7.19. The fourth-order valence-corrected chi connectivity index (χ4v) is 4.20. The Morgan fingerprint density at radius 2 is 1.86 bits per heavy atom. The molecule has 28 heavy (non-hydrogen) atoms. The van der Waals surface area contributed by atoms with Gasteiger partial charge in [-0.15, -0.1) is 0 Å². The molecule has 0 N–H and O–H groups in total. The van der Waals surface area contributed by atoms with Crippen LogP contribution in [0, 0.1) is 6.92 Å². The number of hydrogen-bond acceptors (Lipinski definition) is 4. The van der Waals surface area contributed by atoms with Gasteiger partial charge in [0.1, 0.15) is 18.1 Å². The Morgan fingerprint density at radius 3 is 2.68 bits per heavy atom. The zero-order valence-corrected chi connectivity index (χ0v) is 16.1. The summed E-state index contributed by atoms with van der Waals surface area (Å²) in [5, 5.41) is 3.19. The van der Waals surface area contributed by atoms with Crippen molar-refractivity contribution in [2.24, 2.45) is 0 Å². The Bertz CT molecular complexity index is 1280. The second-order valence-corrected chi connectivity index (χ2v) is 7.63. The van der Waals surface area contributed by atoms with E-state index in [-0.39, 0.29) is 5.63 Å². The summed E-state index contributed by atoms with van der Waals surface area (Å²) >= 11 is 6.11. The fourth-order valence-electron chi connectivity index (χ4n) is 3.98. The first-order valence-corrected chi connectivity index (χ1v) is 9.55. The van der Waals surface area contributed by atoms with Gasteiger partial charge in [-0.05, 0) is 42.1 Å². The number of benzene rings is 3. The first-order valence-electron chi connectivity index (χ1n) is 9.18. The van der Waals surface area contributed by atoms with Crippen molar-refractivity contribution >= 4 is 33.3 Å². The Hall–Kier alpha value is -2.82. The molecule has 0 bridgehead atoms. The molecule has 0 spiro atoms. The van der Waals surface area contributed by atoms with E-state index in [4.69, 9.17) is 20.8 Å². The minimum atomic E-state index is -0.315. The van der Waals surface area contributed by atoms with Crippen molar-refractivity contribution in [1.29, 1.82) is 0 Å². The molecule has 0 radical (unpaired) electrons. The summed E-state index contributed by atoms with van der Waals surface area (Å²) < 4.78 is 11.7. The minimum absolute atomic E-state index is 0.315. The van der Waals surface area contributed by atoms with Gasteiger partial charge < -0.3 is 9.15 Å². The van der Waals surface area contributed by atoms with Crippen molar-refractivity contribution in [2.45, 2.75) is 20.0 Å². The normalized spacial score (nSPS) is 14.2. The highest BCUT2D eigenvalue weighted by molar-refractivity contribution is 6.30. The van der Waals surface area contributed by atoms with Gasteiger partial charge in [0.15, 0.2) is 0 Å². The topological polar surface area (TPSA) is 42.7 Å². The Kier molecular flexibility index (Phi) is 4.11. The molecule has 1 aliphatic heterocycles. The number of aryl methyl sites for hydroxylation is 1. The van der Waals surface area contributed by atoms with Crippen molar-refractivity contribution in [3.8, 4) is 5.75 Å². The predicted octanol–water partition coefficient (Wildman–Crippen LogP) is 5.26. The molecule has 0 fully saturated rings. The minimum Gasteiger partial charge on any atom is -0.477 e. The first kappa shape index (κ1) is 17.3. The lowest BCUT2D eigenvalue weighted by atomic mass is 10.00. The smallest absolute Gasteiger partial charge is 0.344 e. The van der Waals surface area contributed by atoms with Crippen LogP contribution in [0.25, 0.3) is 21.7 Å². The lowest BCUT2D eigenvalue weighted by Crippen LogP contribution is -2.31. The van der Waals surface area contributed by atoms with Crippen LogP contribution in [-0.2, 0) is 13.1 Å². The van der Waals surface area contributed by atoms with Crippen LogP contribution in [-0.4, -0.2) is 11.6 Å². The quantitative estimate of drug-likeness (QED) is 0.345. The maximum Gasteiger partial charge on any atom is 0.344 e. The SMILES string of the molecule is Cc1c2c(cc3c1oc(=O)c1ccccc13)CN(Cc1cccc(Cl)c1)CO2. The highest BCUT2D eigenvalue weighted by Crippen LogP contribution is 2.37. The van der Waals surface area contributed by atoms with Crippen LogP contribution in [0.2, 0.25) is 5.02 Å². The van der Waals surface area contributed by atoms with Crippen LogP contribution in [0.4, 0.5) is 0 Å². The van der Waals surface area contributed by atoms with Gasteiger partial charge in [-0.2, -0.15) is 0 Å². The van der Waals surface area contributed by atoms with E-state index in [9.17, 15) is 4.79 Å². The van der Waals surface area contributed by atoms with Gasteiger partial charge >= 0.3 is 5.63 Å². The van der Waals surface area contributed by atoms with Crippen LogP contribution in [0.15, 0.2) is 63.8 Å². The molecule has 140 valence electrons. The third kappa shape index (κ3) is 2.86. The van der Waals surface area contributed by atoms with Gasteiger partial charge in [0.2, 0.25) is 0 Å². The fraction of sp³-hybridized carbons (Fsp3) is 0.174. The maximum absolute atomic E-state index is 12.4. The van der Waals surface area contributed by atoms with Gasteiger partial charge in [0.05, 0.1) is 5.39 Å². The number of ether oxygens (including phenoxy) is 1. The molecule has 0 saturated carbocycles.